The minimum Gasteiger partial charge on any atom is -0.493 e. The first-order valence-corrected chi connectivity index (χ1v) is 10.6. The molecule has 0 N–H and O–H groups in total. The highest BCUT2D eigenvalue weighted by molar-refractivity contribution is 6.31. The lowest BCUT2D eigenvalue weighted by atomic mass is 10.1. The van der Waals surface area contributed by atoms with E-state index in [0.29, 0.717) is 34.5 Å². The van der Waals surface area contributed by atoms with E-state index in [0.717, 1.165) is 16.5 Å². The van der Waals surface area contributed by atoms with E-state index >= 15 is 0 Å². The van der Waals surface area contributed by atoms with Gasteiger partial charge in [0.2, 0.25) is 11.7 Å². The maximum absolute atomic E-state index is 13.5. The largest absolute Gasteiger partial charge is 0.493 e. The van der Waals surface area contributed by atoms with Crippen molar-refractivity contribution in [3.8, 4) is 17.2 Å². The van der Waals surface area contributed by atoms with Gasteiger partial charge in [0.15, 0.2) is 11.5 Å². The molecule has 0 radical (unpaired) electrons. The van der Waals surface area contributed by atoms with Crippen LogP contribution in [-0.2, 0) is 24.9 Å². The highest BCUT2D eigenvalue weighted by Gasteiger charge is 2.23. The normalized spacial score (nSPS) is 10.9. The van der Waals surface area contributed by atoms with Crippen LogP contribution in [0.1, 0.15) is 5.56 Å². The molecular weight excluding hydrogens is 444 g/mol. The lowest BCUT2D eigenvalue weighted by Gasteiger charge is -2.25. The summed E-state index contributed by atoms with van der Waals surface area (Å²) in [5.41, 5.74) is 2.58. The van der Waals surface area contributed by atoms with Gasteiger partial charge < -0.3 is 23.7 Å². The molecule has 2 aromatic heterocycles. The van der Waals surface area contributed by atoms with Crippen molar-refractivity contribution in [2.45, 2.75) is 13.1 Å². The number of hydrogen-bond acceptors (Lipinski definition) is 5. The molecule has 4 rings (SSSR count). The molecule has 2 heterocycles. The quantitative estimate of drug-likeness (QED) is 0.386. The van der Waals surface area contributed by atoms with Crippen molar-refractivity contribution in [2.24, 2.45) is 7.05 Å². The Hall–Kier alpha value is -3.65. The Morgan fingerprint density at radius 2 is 1.82 bits per heavy atom. The Morgan fingerprint density at radius 1 is 1.09 bits per heavy atom. The van der Waals surface area contributed by atoms with Gasteiger partial charge in [-0.05, 0) is 23.8 Å². The molecule has 0 spiro atoms. The van der Waals surface area contributed by atoms with Crippen molar-refractivity contribution < 1.29 is 19.0 Å². The molecule has 2 aromatic carbocycles. The Morgan fingerprint density at radius 3 is 2.42 bits per heavy atom. The van der Waals surface area contributed by atoms with Crippen LogP contribution >= 0.6 is 11.6 Å². The van der Waals surface area contributed by atoms with Crippen molar-refractivity contribution in [1.29, 1.82) is 0 Å². The molecule has 0 aliphatic rings. The number of benzene rings is 2. The SMILES string of the molecule is COc1cc(N(Cc2cn(C)c3cc(Cl)ccc23)C(=O)Cn2cccn2)cc(OC)c1OC. The van der Waals surface area contributed by atoms with E-state index in [2.05, 4.69) is 5.10 Å². The van der Waals surface area contributed by atoms with E-state index in [4.69, 9.17) is 25.8 Å². The van der Waals surface area contributed by atoms with Crippen LogP contribution in [0.15, 0.2) is 55.0 Å². The van der Waals surface area contributed by atoms with Crippen LogP contribution < -0.4 is 19.1 Å². The van der Waals surface area contributed by atoms with Crippen molar-refractivity contribution in [1.82, 2.24) is 14.3 Å². The van der Waals surface area contributed by atoms with Crippen LogP contribution in [0.2, 0.25) is 5.02 Å². The number of carbonyl (C=O) groups is 1. The summed E-state index contributed by atoms with van der Waals surface area (Å²) >= 11 is 6.20. The number of amides is 1. The van der Waals surface area contributed by atoms with Gasteiger partial charge >= 0.3 is 0 Å². The zero-order valence-corrected chi connectivity index (χ0v) is 19.7. The molecule has 8 nitrogen and oxygen atoms in total. The molecule has 4 aromatic rings. The van der Waals surface area contributed by atoms with Crippen LogP contribution in [0.25, 0.3) is 10.9 Å². The van der Waals surface area contributed by atoms with Gasteiger partial charge in [-0.2, -0.15) is 5.10 Å². The predicted molar refractivity (Wildman–Crippen MR) is 127 cm³/mol. The molecule has 0 fully saturated rings. The third-order valence-electron chi connectivity index (χ3n) is 5.48. The number of ether oxygens (including phenoxy) is 3. The lowest BCUT2D eigenvalue weighted by Crippen LogP contribution is -2.33. The number of carbonyl (C=O) groups excluding carboxylic acids is 1. The van der Waals surface area contributed by atoms with E-state index in [-0.39, 0.29) is 12.5 Å². The smallest absolute Gasteiger partial charge is 0.249 e. The van der Waals surface area contributed by atoms with Gasteiger partial charge in [0, 0.05) is 53.7 Å². The molecule has 0 unspecified atom stereocenters. The monoisotopic (exact) mass is 468 g/mol. The van der Waals surface area contributed by atoms with Gasteiger partial charge in [0.25, 0.3) is 0 Å². The Bertz CT molecular complexity index is 1260. The number of aryl methyl sites for hydroxylation is 1. The molecule has 0 saturated carbocycles. The van der Waals surface area contributed by atoms with E-state index in [1.54, 1.807) is 61.5 Å². The van der Waals surface area contributed by atoms with Crippen LogP contribution in [0.4, 0.5) is 5.69 Å². The van der Waals surface area contributed by atoms with Crippen molar-refractivity contribution in [2.75, 3.05) is 26.2 Å². The number of rotatable bonds is 8. The van der Waals surface area contributed by atoms with Gasteiger partial charge in [-0.25, -0.2) is 0 Å². The first kappa shape index (κ1) is 22.5. The second-order valence-corrected chi connectivity index (χ2v) is 7.93. The summed E-state index contributed by atoms with van der Waals surface area (Å²) < 4.78 is 20.1. The summed E-state index contributed by atoms with van der Waals surface area (Å²) in [6.07, 6.45) is 5.41. The van der Waals surface area contributed by atoms with Crippen molar-refractivity contribution in [3.63, 3.8) is 0 Å². The number of hydrogen-bond donors (Lipinski definition) is 0. The average molecular weight is 469 g/mol. The van der Waals surface area contributed by atoms with E-state index in [1.807, 2.05) is 36.0 Å². The summed E-state index contributed by atoms with van der Waals surface area (Å²) in [6.45, 7) is 0.415. The second kappa shape index (κ2) is 9.46. The molecule has 33 heavy (non-hydrogen) atoms. The number of nitrogens with zero attached hydrogens (tertiary/aromatic N) is 4. The van der Waals surface area contributed by atoms with Crippen molar-refractivity contribution in [3.05, 3.63) is 65.6 Å². The highest BCUT2D eigenvalue weighted by Crippen LogP contribution is 2.41. The minimum absolute atomic E-state index is 0.0836. The van der Waals surface area contributed by atoms with Gasteiger partial charge in [-0.3, -0.25) is 9.48 Å². The molecule has 172 valence electrons. The van der Waals surface area contributed by atoms with E-state index < -0.39 is 0 Å². The average Bonchev–Trinajstić information content (AvgIpc) is 3.43. The third-order valence-corrected chi connectivity index (χ3v) is 5.72. The summed E-state index contributed by atoms with van der Waals surface area (Å²) in [6, 6.07) is 11.1. The van der Waals surface area contributed by atoms with Gasteiger partial charge in [-0.1, -0.05) is 17.7 Å². The highest BCUT2D eigenvalue weighted by atomic mass is 35.5. The van der Waals surface area contributed by atoms with Crippen molar-refractivity contribution >= 4 is 34.1 Å². The fraction of sp³-hybridized carbons (Fsp3) is 0.250. The molecule has 0 atom stereocenters. The van der Waals surface area contributed by atoms with Crippen LogP contribution in [0.5, 0.6) is 17.2 Å². The fourth-order valence-electron chi connectivity index (χ4n) is 3.90. The van der Waals surface area contributed by atoms with Crippen LogP contribution in [-0.4, -0.2) is 41.6 Å². The number of fused-ring (bicyclic) bond motifs is 1. The summed E-state index contributed by atoms with van der Waals surface area (Å²) in [7, 11) is 6.59. The molecule has 1 amide bonds. The Kier molecular flexibility index (Phi) is 6.46. The number of aromatic nitrogens is 3. The number of methoxy groups -OCH3 is 3. The lowest BCUT2D eigenvalue weighted by molar-refractivity contribution is -0.119. The molecule has 0 aliphatic heterocycles. The van der Waals surface area contributed by atoms with Gasteiger partial charge in [0.05, 0.1) is 33.6 Å². The van der Waals surface area contributed by atoms with E-state index in [9.17, 15) is 4.79 Å². The zero-order chi connectivity index (χ0) is 23.5. The topological polar surface area (TPSA) is 70.8 Å². The predicted octanol–water partition coefficient (Wildman–Crippen LogP) is 4.29. The standard InChI is InChI=1S/C24H25ClN4O4/c1-27-13-16(19-7-6-17(25)10-20(19)27)14-29(23(30)15-28-9-5-8-26-28)18-11-21(31-2)24(33-4)22(12-18)32-3/h5-13H,14-15H2,1-4H3. The van der Waals surface area contributed by atoms with Gasteiger partial charge in [0.1, 0.15) is 6.54 Å². The Balaban J connectivity index is 1.80. The van der Waals surface area contributed by atoms with E-state index in [1.165, 1.54) is 0 Å². The first-order valence-electron chi connectivity index (χ1n) is 10.3. The molecule has 0 aliphatic carbocycles. The maximum atomic E-state index is 13.5. The van der Waals surface area contributed by atoms with Crippen LogP contribution in [0, 0.1) is 0 Å². The minimum atomic E-state index is -0.140. The molecular formula is C24H25ClN4O4. The number of anilines is 1. The maximum Gasteiger partial charge on any atom is 0.249 e. The fourth-order valence-corrected chi connectivity index (χ4v) is 4.07. The summed E-state index contributed by atoms with van der Waals surface area (Å²) in [5, 5.41) is 5.86. The Labute approximate surface area is 196 Å². The number of halogens is 1. The summed E-state index contributed by atoms with van der Waals surface area (Å²) in [4.78, 5) is 15.2. The second-order valence-electron chi connectivity index (χ2n) is 7.49. The first-order chi connectivity index (χ1) is 15.9. The zero-order valence-electron chi connectivity index (χ0n) is 18.9. The molecule has 9 heteroatoms. The molecule has 0 saturated heterocycles. The van der Waals surface area contributed by atoms with Crippen LogP contribution in [0.3, 0.4) is 0 Å². The summed E-state index contributed by atoms with van der Waals surface area (Å²) in [5.74, 6) is 1.25. The molecule has 0 bridgehead atoms. The third kappa shape index (κ3) is 4.47. The van der Waals surface area contributed by atoms with Gasteiger partial charge in [-0.15, -0.1) is 0 Å².